The maximum absolute atomic E-state index is 9.43. The van der Waals surface area contributed by atoms with E-state index in [1.165, 1.54) is 30.6 Å². The van der Waals surface area contributed by atoms with Crippen molar-refractivity contribution in [2.24, 2.45) is 13.0 Å². The summed E-state index contributed by atoms with van der Waals surface area (Å²) in [6.45, 7) is 6.34. The number of aryl methyl sites for hydroxylation is 1. The Balaban J connectivity index is 0.000000489. The predicted octanol–water partition coefficient (Wildman–Crippen LogP) is 5.89. The van der Waals surface area contributed by atoms with Gasteiger partial charge in [0.15, 0.2) is 5.82 Å². The quantitative estimate of drug-likeness (QED) is 0.319. The van der Waals surface area contributed by atoms with Gasteiger partial charge in [-0.25, -0.2) is 9.97 Å². The highest BCUT2D eigenvalue weighted by atomic mass is 16.1. The van der Waals surface area contributed by atoms with Gasteiger partial charge in [0, 0.05) is 68.2 Å². The van der Waals surface area contributed by atoms with E-state index < -0.39 is 0 Å². The van der Waals surface area contributed by atoms with Gasteiger partial charge in [0.2, 0.25) is 6.41 Å². The molecule has 1 aliphatic rings. The van der Waals surface area contributed by atoms with E-state index in [9.17, 15) is 4.79 Å². The summed E-state index contributed by atoms with van der Waals surface area (Å²) in [5.74, 6) is 1.56. The van der Waals surface area contributed by atoms with Crippen LogP contribution >= 0.6 is 0 Å². The normalized spacial score (nSPS) is 16.6. The number of carbonyl (C=O) groups excluding carboxylic acids is 1. The molecule has 3 aromatic heterocycles. The summed E-state index contributed by atoms with van der Waals surface area (Å²) in [6, 6.07) is 8.77. The molecule has 4 aromatic rings. The predicted molar refractivity (Wildman–Crippen MR) is 149 cm³/mol. The number of hydrogen-bond donors (Lipinski definition) is 0. The minimum absolute atomic E-state index is 0.519. The Morgan fingerprint density at radius 2 is 1.43 bits per heavy atom. The summed E-state index contributed by atoms with van der Waals surface area (Å²) >= 11 is 0. The number of rotatable bonds is 5. The van der Waals surface area contributed by atoms with Crippen LogP contribution in [0.4, 0.5) is 0 Å². The van der Waals surface area contributed by atoms with Crippen molar-refractivity contribution in [3.8, 4) is 33.6 Å². The molecule has 1 aromatic carbocycles. The number of carbonyl (C=O) groups is 1. The van der Waals surface area contributed by atoms with E-state index in [0.29, 0.717) is 6.04 Å². The third kappa shape index (κ3) is 7.59. The molecular weight excluding hydrogens is 462 g/mol. The fourth-order valence-corrected chi connectivity index (χ4v) is 4.23. The average Bonchev–Trinajstić information content (AvgIpc) is 3.61. The Morgan fingerprint density at radius 3 is 2.03 bits per heavy atom. The molecule has 0 atom stereocenters. The maximum atomic E-state index is 9.43. The Hall–Kier alpha value is -3.81. The zero-order valence-electron chi connectivity index (χ0n) is 22.9. The molecule has 1 amide bonds. The van der Waals surface area contributed by atoms with Crippen LogP contribution in [0.3, 0.4) is 0 Å². The molecule has 196 valence electrons. The first-order valence-electron chi connectivity index (χ1n) is 13.0. The van der Waals surface area contributed by atoms with E-state index in [2.05, 4.69) is 50.1 Å². The molecule has 1 saturated carbocycles. The van der Waals surface area contributed by atoms with Gasteiger partial charge in [0.05, 0.1) is 18.4 Å². The van der Waals surface area contributed by atoms with Gasteiger partial charge < -0.3 is 4.90 Å². The molecular formula is C29H39N7O. The number of aromatic nitrogens is 6. The number of hydrogen-bond acceptors (Lipinski definition) is 5. The first-order chi connectivity index (χ1) is 17.9. The van der Waals surface area contributed by atoms with E-state index in [-0.39, 0.29) is 0 Å². The molecule has 0 N–H and O–H groups in total. The largest absolute Gasteiger partial charge is 0.351 e. The van der Waals surface area contributed by atoms with Crippen LogP contribution in [0, 0.1) is 5.92 Å². The summed E-state index contributed by atoms with van der Waals surface area (Å²) in [4.78, 5) is 20.1. The molecule has 0 radical (unpaired) electrons. The van der Waals surface area contributed by atoms with E-state index in [4.69, 9.17) is 0 Å². The molecule has 8 nitrogen and oxygen atoms in total. The van der Waals surface area contributed by atoms with Crippen LogP contribution in [0.25, 0.3) is 33.6 Å². The van der Waals surface area contributed by atoms with E-state index in [1.807, 2.05) is 64.0 Å². The van der Waals surface area contributed by atoms with Crippen molar-refractivity contribution in [3.63, 3.8) is 0 Å². The fourth-order valence-electron chi connectivity index (χ4n) is 4.23. The molecule has 1 aliphatic carbocycles. The van der Waals surface area contributed by atoms with Crippen LogP contribution in [0.5, 0.6) is 0 Å². The van der Waals surface area contributed by atoms with Crippen molar-refractivity contribution in [1.29, 1.82) is 0 Å². The lowest BCUT2D eigenvalue weighted by molar-refractivity contribution is -0.115. The summed E-state index contributed by atoms with van der Waals surface area (Å²) < 4.78 is 3.94. The zero-order valence-corrected chi connectivity index (χ0v) is 22.9. The molecule has 0 bridgehead atoms. The van der Waals surface area contributed by atoms with Crippen molar-refractivity contribution < 1.29 is 4.79 Å². The second kappa shape index (κ2) is 13.5. The van der Waals surface area contributed by atoms with Crippen LogP contribution in [0.15, 0.2) is 61.4 Å². The molecule has 8 heteroatoms. The van der Waals surface area contributed by atoms with Gasteiger partial charge in [0.1, 0.15) is 0 Å². The highest BCUT2D eigenvalue weighted by Gasteiger charge is 2.20. The second-order valence-electron chi connectivity index (χ2n) is 9.47. The minimum atomic E-state index is 0.519. The Bertz CT molecular complexity index is 1240. The third-order valence-corrected chi connectivity index (χ3v) is 6.32. The van der Waals surface area contributed by atoms with E-state index >= 15 is 0 Å². The summed E-state index contributed by atoms with van der Waals surface area (Å²) in [5, 5.41) is 8.88. The van der Waals surface area contributed by atoms with E-state index in [0.717, 1.165) is 46.0 Å². The van der Waals surface area contributed by atoms with Crippen molar-refractivity contribution in [3.05, 3.63) is 61.4 Å². The van der Waals surface area contributed by atoms with E-state index in [1.54, 1.807) is 18.8 Å². The summed E-state index contributed by atoms with van der Waals surface area (Å²) in [6.07, 6.45) is 17.5. The number of amides is 1. The second-order valence-corrected chi connectivity index (χ2v) is 9.47. The molecule has 0 spiro atoms. The first-order valence-corrected chi connectivity index (χ1v) is 13.0. The zero-order chi connectivity index (χ0) is 26.8. The van der Waals surface area contributed by atoms with Crippen LogP contribution in [-0.2, 0) is 11.8 Å². The van der Waals surface area contributed by atoms with Gasteiger partial charge in [-0.2, -0.15) is 10.2 Å². The molecule has 37 heavy (non-hydrogen) atoms. The lowest BCUT2D eigenvalue weighted by Gasteiger charge is -2.26. The number of nitrogens with zero attached hydrogens (tertiary/aromatic N) is 7. The average molecular weight is 502 g/mol. The standard InChI is InChI=1S/C24H26N6.C3H7NO.C2H6/c1-17-6-8-23(9-7-17)30-16-22(14-28-30)20-11-25-24(26-12-20)19-5-3-4-18(10-19)21-13-27-29(2)15-21;1-4(2)3-5;1-2/h3-5,10-17,23H,6-9H2,1-2H3;3H,1-2H3;1-2H3. The van der Waals surface area contributed by atoms with Gasteiger partial charge in [-0.15, -0.1) is 0 Å². The Kier molecular flexibility index (Phi) is 10.1. The molecule has 0 unspecified atom stereocenters. The SMILES string of the molecule is CC.CC1CCC(n2cc(-c3cnc(-c4cccc(-c5cnn(C)c5)c4)nc3)cn2)CC1.CN(C)C=O. The van der Waals surface area contributed by atoms with Gasteiger partial charge >= 0.3 is 0 Å². The van der Waals surface area contributed by atoms with Crippen LogP contribution in [0.2, 0.25) is 0 Å². The molecule has 0 aliphatic heterocycles. The Labute approximate surface area is 220 Å². The van der Waals surface area contributed by atoms with Crippen molar-refractivity contribution in [1.82, 2.24) is 34.4 Å². The summed E-state index contributed by atoms with van der Waals surface area (Å²) in [7, 11) is 5.30. The fraction of sp³-hybridized carbons (Fsp3) is 0.414. The highest BCUT2D eigenvalue weighted by Crippen LogP contribution is 2.32. The summed E-state index contributed by atoms with van der Waals surface area (Å²) in [5.41, 5.74) is 5.26. The maximum Gasteiger partial charge on any atom is 0.209 e. The van der Waals surface area contributed by atoms with Crippen LogP contribution < -0.4 is 0 Å². The van der Waals surface area contributed by atoms with Crippen LogP contribution in [0.1, 0.15) is 52.5 Å². The number of benzene rings is 1. The van der Waals surface area contributed by atoms with Gasteiger partial charge in [-0.1, -0.05) is 39.0 Å². The molecule has 5 rings (SSSR count). The molecule has 3 heterocycles. The lowest BCUT2D eigenvalue weighted by atomic mass is 9.87. The third-order valence-electron chi connectivity index (χ3n) is 6.32. The minimum Gasteiger partial charge on any atom is -0.351 e. The lowest BCUT2D eigenvalue weighted by Crippen LogP contribution is -2.16. The van der Waals surface area contributed by atoms with Gasteiger partial charge in [-0.05, 0) is 43.2 Å². The molecule has 1 fully saturated rings. The van der Waals surface area contributed by atoms with Crippen LogP contribution in [-0.4, -0.2) is 54.9 Å². The highest BCUT2D eigenvalue weighted by molar-refractivity contribution is 5.70. The van der Waals surface area contributed by atoms with Gasteiger partial charge in [0.25, 0.3) is 0 Å². The topological polar surface area (TPSA) is 81.7 Å². The molecule has 0 saturated heterocycles. The Morgan fingerprint density at radius 1 is 0.838 bits per heavy atom. The van der Waals surface area contributed by atoms with Crippen molar-refractivity contribution in [2.75, 3.05) is 14.1 Å². The first kappa shape index (κ1) is 27.8. The monoisotopic (exact) mass is 501 g/mol. The van der Waals surface area contributed by atoms with Gasteiger partial charge in [-0.3, -0.25) is 14.2 Å². The van der Waals surface area contributed by atoms with Crippen molar-refractivity contribution in [2.45, 2.75) is 52.5 Å². The van der Waals surface area contributed by atoms with Crippen molar-refractivity contribution >= 4 is 6.41 Å². The smallest absolute Gasteiger partial charge is 0.209 e.